The van der Waals surface area contributed by atoms with Gasteiger partial charge < -0.3 is 16.0 Å². The first-order valence-electron chi connectivity index (χ1n) is 5.71. The molecule has 1 saturated heterocycles. The highest BCUT2D eigenvalue weighted by Crippen LogP contribution is 2.24. The summed E-state index contributed by atoms with van der Waals surface area (Å²) in [7, 11) is 1.65. The molecule has 1 aliphatic heterocycles. The third kappa shape index (κ3) is 2.30. The second-order valence-corrected chi connectivity index (χ2v) is 4.19. The van der Waals surface area contributed by atoms with Gasteiger partial charge in [0, 0.05) is 25.4 Å². The summed E-state index contributed by atoms with van der Waals surface area (Å²) in [5.41, 5.74) is 6.45. The van der Waals surface area contributed by atoms with Gasteiger partial charge in [-0.2, -0.15) is 4.98 Å². The number of nitrogens with one attached hydrogen (secondary N) is 1. The number of carbonyl (C=O) groups is 1. The third-order valence-corrected chi connectivity index (χ3v) is 2.95. The number of anilines is 2. The molecule has 0 spiro atoms. The Labute approximate surface area is 100 Å². The summed E-state index contributed by atoms with van der Waals surface area (Å²) in [5.74, 6) is 1.01. The summed E-state index contributed by atoms with van der Waals surface area (Å²) in [4.78, 5) is 22.0. The zero-order valence-corrected chi connectivity index (χ0v) is 10.1. The highest BCUT2D eigenvalue weighted by Gasteiger charge is 2.31. The van der Waals surface area contributed by atoms with E-state index < -0.39 is 0 Å². The molecule has 6 nitrogen and oxygen atoms in total. The summed E-state index contributed by atoms with van der Waals surface area (Å²) in [5, 5.41) is 2.68. The van der Waals surface area contributed by atoms with Crippen LogP contribution in [0, 0.1) is 6.92 Å². The molecule has 0 bridgehead atoms. The highest BCUT2D eigenvalue weighted by atomic mass is 16.2. The summed E-state index contributed by atoms with van der Waals surface area (Å²) < 4.78 is 0. The lowest BCUT2D eigenvalue weighted by molar-refractivity contribution is -0.121. The molecule has 1 unspecified atom stereocenters. The zero-order chi connectivity index (χ0) is 12.4. The second kappa shape index (κ2) is 4.57. The van der Waals surface area contributed by atoms with Crippen LogP contribution < -0.4 is 16.0 Å². The zero-order valence-electron chi connectivity index (χ0n) is 10.1. The van der Waals surface area contributed by atoms with E-state index in [1.54, 1.807) is 7.05 Å². The molecule has 1 amide bonds. The predicted molar refractivity (Wildman–Crippen MR) is 65.6 cm³/mol. The molecule has 1 atom stereocenters. The average molecular weight is 235 g/mol. The molecular formula is C11H17N5O. The van der Waals surface area contributed by atoms with Crippen molar-refractivity contribution >= 4 is 17.7 Å². The first-order chi connectivity index (χ1) is 8.11. The Morgan fingerprint density at radius 2 is 2.35 bits per heavy atom. The lowest BCUT2D eigenvalue weighted by atomic mass is 10.2. The lowest BCUT2D eigenvalue weighted by Gasteiger charge is -2.24. The van der Waals surface area contributed by atoms with E-state index in [4.69, 9.17) is 5.73 Å². The molecule has 0 aliphatic carbocycles. The Bertz CT molecular complexity index is 414. The van der Waals surface area contributed by atoms with Gasteiger partial charge in [0.15, 0.2) is 0 Å². The van der Waals surface area contributed by atoms with Gasteiger partial charge in [-0.3, -0.25) is 4.79 Å². The molecule has 1 aromatic heterocycles. The number of carbonyl (C=O) groups excluding carboxylic acids is 1. The van der Waals surface area contributed by atoms with E-state index in [1.807, 2.05) is 17.9 Å². The van der Waals surface area contributed by atoms with Crippen LogP contribution in [0.4, 0.5) is 11.8 Å². The van der Waals surface area contributed by atoms with Crippen molar-refractivity contribution in [1.82, 2.24) is 15.3 Å². The fraction of sp³-hybridized carbons (Fsp3) is 0.545. The van der Waals surface area contributed by atoms with Crippen molar-refractivity contribution in [3.05, 3.63) is 11.8 Å². The topological polar surface area (TPSA) is 84.1 Å². The van der Waals surface area contributed by atoms with Crippen LogP contribution in [0.3, 0.4) is 0 Å². The number of nitrogens with two attached hydrogens (primary N) is 1. The Kier molecular flexibility index (Phi) is 3.12. The molecule has 0 radical (unpaired) electrons. The smallest absolute Gasteiger partial charge is 0.242 e. The lowest BCUT2D eigenvalue weighted by Crippen LogP contribution is -2.42. The Balaban J connectivity index is 2.28. The van der Waals surface area contributed by atoms with Crippen molar-refractivity contribution in [2.45, 2.75) is 25.8 Å². The van der Waals surface area contributed by atoms with E-state index >= 15 is 0 Å². The molecule has 2 rings (SSSR count). The van der Waals surface area contributed by atoms with Gasteiger partial charge in [-0.05, 0) is 19.8 Å². The van der Waals surface area contributed by atoms with Crippen LogP contribution >= 0.6 is 0 Å². The summed E-state index contributed by atoms with van der Waals surface area (Å²) in [6, 6.07) is 1.71. The van der Waals surface area contributed by atoms with Crippen LogP contribution in [0.2, 0.25) is 0 Å². The van der Waals surface area contributed by atoms with Gasteiger partial charge in [0.05, 0.1) is 0 Å². The number of amides is 1. The van der Waals surface area contributed by atoms with Crippen LogP contribution in [0.15, 0.2) is 6.07 Å². The second-order valence-electron chi connectivity index (χ2n) is 4.19. The molecule has 6 heteroatoms. The summed E-state index contributed by atoms with van der Waals surface area (Å²) in [6.45, 7) is 2.69. The quantitative estimate of drug-likeness (QED) is 0.758. The van der Waals surface area contributed by atoms with E-state index in [0.29, 0.717) is 0 Å². The molecule has 1 aromatic rings. The van der Waals surface area contributed by atoms with E-state index in [9.17, 15) is 4.79 Å². The van der Waals surface area contributed by atoms with Crippen LogP contribution in [-0.4, -0.2) is 35.5 Å². The Morgan fingerprint density at radius 1 is 1.59 bits per heavy atom. The molecule has 1 aliphatic rings. The van der Waals surface area contributed by atoms with Crippen molar-refractivity contribution in [2.75, 3.05) is 24.2 Å². The third-order valence-electron chi connectivity index (χ3n) is 2.95. The minimum Gasteiger partial charge on any atom is -0.368 e. The van der Waals surface area contributed by atoms with Crippen LogP contribution in [0.5, 0.6) is 0 Å². The largest absolute Gasteiger partial charge is 0.368 e. The van der Waals surface area contributed by atoms with Crippen molar-refractivity contribution in [3.8, 4) is 0 Å². The van der Waals surface area contributed by atoms with Crippen molar-refractivity contribution < 1.29 is 4.79 Å². The van der Waals surface area contributed by atoms with Gasteiger partial charge in [-0.25, -0.2) is 4.98 Å². The number of aromatic nitrogens is 2. The molecule has 0 aromatic carbocycles. The SMILES string of the molecule is CNC(=O)C1CCCN1c1cc(C)nc(N)n1. The fourth-order valence-electron chi connectivity index (χ4n) is 2.20. The fourth-order valence-corrected chi connectivity index (χ4v) is 2.20. The van der Waals surface area contributed by atoms with Crippen LogP contribution in [0.1, 0.15) is 18.5 Å². The van der Waals surface area contributed by atoms with Gasteiger partial charge >= 0.3 is 0 Å². The molecule has 0 saturated carbocycles. The number of likely N-dealkylation sites (N-methyl/N-ethyl adjacent to an activating group) is 1. The normalized spacial score (nSPS) is 19.4. The summed E-state index contributed by atoms with van der Waals surface area (Å²) >= 11 is 0. The van der Waals surface area contributed by atoms with Gasteiger partial charge in [-0.1, -0.05) is 0 Å². The maximum atomic E-state index is 11.7. The van der Waals surface area contributed by atoms with E-state index in [-0.39, 0.29) is 17.9 Å². The van der Waals surface area contributed by atoms with E-state index in [2.05, 4.69) is 15.3 Å². The summed E-state index contributed by atoms with van der Waals surface area (Å²) in [6.07, 6.45) is 1.84. The maximum absolute atomic E-state index is 11.7. The van der Waals surface area contributed by atoms with Crippen LogP contribution in [-0.2, 0) is 4.79 Å². The van der Waals surface area contributed by atoms with Gasteiger partial charge in [-0.15, -0.1) is 0 Å². The predicted octanol–water partition coefficient (Wildman–Crippen LogP) is 0.0820. The van der Waals surface area contributed by atoms with E-state index in [0.717, 1.165) is 30.9 Å². The first-order valence-corrected chi connectivity index (χ1v) is 5.71. The minimum absolute atomic E-state index is 0.0253. The average Bonchev–Trinajstić information content (AvgIpc) is 2.75. The number of nitrogen functional groups attached to an aromatic ring is 1. The Morgan fingerprint density at radius 3 is 3.00 bits per heavy atom. The van der Waals surface area contributed by atoms with Crippen molar-refractivity contribution in [2.24, 2.45) is 0 Å². The monoisotopic (exact) mass is 235 g/mol. The number of nitrogens with zero attached hydrogens (tertiary/aromatic N) is 3. The number of rotatable bonds is 2. The van der Waals surface area contributed by atoms with Crippen molar-refractivity contribution in [3.63, 3.8) is 0 Å². The molecule has 3 N–H and O–H groups in total. The maximum Gasteiger partial charge on any atom is 0.242 e. The molecular weight excluding hydrogens is 218 g/mol. The first kappa shape index (κ1) is 11.6. The highest BCUT2D eigenvalue weighted by molar-refractivity contribution is 5.85. The van der Waals surface area contributed by atoms with Gasteiger partial charge in [0.25, 0.3) is 0 Å². The molecule has 17 heavy (non-hydrogen) atoms. The van der Waals surface area contributed by atoms with Crippen LogP contribution in [0.25, 0.3) is 0 Å². The van der Waals surface area contributed by atoms with Crippen molar-refractivity contribution in [1.29, 1.82) is 0 Å². The molecule has 92 valence electrons. The minimum atomic E-state index is -0.145. The van der Waals surface area contributed by atoms with E-state index in [1.165, 1.54) is 0 Å². The standard InChI is InChI=1S/C11H17N5O/c1-7-6-9(15-11(12)14-7)16-5-3-4-8(16)10(17)13-2/h6,8H,3-5H2,1-2H3,(H,13,17)(H2,12,14,15). The number of hydrogen-bond donors (Lipinski definition) is 2. The molecule has 1 fully saturated rings. The van der Waals surface area contributed by atoms with Gasteiger partial charge in [0.1, 0.15) is 11.9 Å². The number of hydrogen-bond acceptors (Lipinski definition) is 5. The van der Waals surface area contributed by atoms with Gasteiger partial charge in [0.2, 0.25) is 11.9 Å². The Hall–Kier alpha value is -1.85. The molecule has 2 heterocycles. The number of aryl methyl sites for hydroxylation is 1.